The molecule has 0 bridgehead atoms. The smallest absolute Gasteiger partial charge is 0.191 e. The van der Waals surface area contributed by atoms with E-state index < -0.39 is 0 Å². The summed E-state index contributed by atoms with van der Waals surface area (Å²) in [6.07, 6.45) is 11.0. The van der Waals surface area contributed by atoms with Crippen molar-refractivity contribution in [1.82, 2.24) is 10.6 Å². The molecule has 19 heavy (non-hydrogen) atoms. The van der Waals surface area contributed by atoms with Crippen molar-refractivity contribution in [3.63, 3.8) is 0 Å². The second kappa shape index (κ2) is 9.03. The van der Waals surface area contributed by atoms with Crippen LogP contribution >= 0.6 is 24.0 Å². The molecule has 2 atom stereocenters. The summed E-state index contributed by atoms with van der Waals surface area (Å²) in [5, 5.41) is 7.09. The third-order valence-corrected chi connectivity index (χ3v) is 4.74. The summed E-state index contributed by atoms with van der Waals surface area (Å²) in [6.45, 7) is 3.49. The summed E-state index contributed by atoms with van der Waals surface area (Å²) in [4.78, 5) is 4.36. The second-order valence-electron chi connectivity index (χ2n) is 6.10. The van der Waals surface area contributed by atoms with Crippen LogP contribution in [0.3, 0.4) is 0 Å². The lowest BCUT2D eigenvalue weighted by Crippen LogP contribution is -2.44. The lowest BCUT2D eigenvalue weighted by atomic mass is 9.80. The average molecular weight is 379 g/mol. The molecule has 2 N–H and O–H groups in total. The highest BCUT2D eigenvalue weighted by molar-refractivity contribution is 14.0. The fraction of sp³-hybridized carbons (Fsp3) is 0.933. The van der Waals surface area contributed by atoms with Crippen LogP contribution in [0.1, 0.15) is 58.3 Å². The molecule has 2 aliphatic carbocycles. The van der Waals surface area contributed by atoms with E-state index in [1.165, 1.54) is 51.4 Å². The molecule has 0 spiro atoms. The lowest BCUT2D eigenvalue weighted by molar-refractivity contribution is 0.256. The molecule has 0 aromatic heterocycles. The molecule has 2 aliphatic rings. The maximum atomic E-state index is 4.36. The quantitative estimate of drug-likeness (QED) is 0.447. The van der Waals surface area contributed by atoms with E-state index in [1.807, 2.05) is 7.05 Å². The van der Waals surface area contributed by atoms with E-state index in [0.29, 0.717) is 6.04 Å². The zero-order valence-corrected chi connectivity index (χ0v) is 14.8. The Morgan fingerprint density at radius 3 is 2.32 bits per heavy atom. The number of hydrogen-bond donors (Lipinski definition) is 2. The van der Waals surface area contributed by atoms with Crippen molar-refractivity contribution in [3.05, 3.63) is 0 Å². The molecule has 2 rings (SSSR count). The van der Waals surface area contributed by atoms with E-state index in [4.69, 9.17) is 0 Å². The minimum Gasteiger partial charge on any atom is -0.356 e. The van der Waals surface area contributed by atoms with Gasteiger partial charge in [-0.15, -0.1) is 24.0 Å². The van der Waals surface area contributed by atoms with Crippen LogP contribution in [0, 0.1) is 11.8 Å². The van der Waals surface area contributed by atoms with Crippen LogP contribution in [-0.2, 0) is 0 Å². The van der Waals surface area contributed by atoms with Crippen molar-refractivity contribution in [3.8, 4) is 0 Å². The summed E-state index contributed by atoms with van der Waals surface area (Å²) in [7, 11) is 1.88. The minimum absolute atomic E-state index is 0. The van der Waals surface area contributed by atoms with E-state index in [1.54, 1.807) is 0 Å². The molecule has 112 valence electrons. The maximum absolute atomic E-state index is 4.36. The Bertz CT molecular complexity index is 275. The van der Waals surface area contributed by atoms with Crippen molar-refractivity contribution in [2.24, 2.45) is 16.8 Å². The predicted octanol–water partition coefficient (Wildman–Crippen LogP) is 3.54. The van der Waals surface area contributed by atoms with Crippen LogP contribution in [-0.4, -0.2) is 25.6 Å². The van der Waals surface area contributed by atoms with Crippen molar-refractivity contribution in [2.75, 3.05) is 13.6 Å². The van der Waals surface area contributed by atoms with Gasteiger partial charge in [-0.3, -0.25) is 4.99 Å². The van der Waals surface area contributed by atoms with Gasteiger partial charge in [0.15, 0.2) is 5.96 Å². The molecule has 0 heterocycles. The molecule has 2 unspecified atom stereocenters. The van der Waals surface area contributed by atoms with Gasteiger partial charge in [0.25, 0.3) is 0 Å². The zero-order valence-electron chi connectivity index (χ0n) is 12.5. The van der Waals surface area contributed by atoms with Gasteiger partial charge in [-0.05, 0) is 31.1 Å². The molecule has 3 nitrogen and oxygen atoms in total. The molecule has 2 fully saturated rings. The van der Waals surface area contributed by atoms with Gasteiger partial charge in [0, 0.05) is 19.6 Å². The largest absolute Gasteiger partial charge is 0.356 e. The van der Waals surface area contributed by atoms with Gasteiger partial charge >= 0.3 is 0 Å². The zero-order chi connectivity index (χ0) is 12.8. The van der Waals surface area contributed by atoms with Crippen molar-refractivity contribution in [2.45, 2.75) is 64.3 Å². The minimum atomic E-state index is 0. The molecule has 0 aromatic carbocycles. The third-order valence-electron chi connectivity index (χ3n) is 4.74. The molecule has 0 amide bonds. The number of aliphatic imine (C=N–C) groups is 1. The van der Waals surface area contributed by atoms with Gasteiger partial charge in [-0.1, -0.05) is 39.0 Å². The van der Waals surface area contributed by atoms with E-state index in [-0.39, 0.29) is 24.0 Å². The summed E-state index contributed by atoms with van der Waals surface area (Å²) >= 11 is 0. The predicted molar refractivity (Wildman–Crippen MR) is 93.3 cm³/mol. The Morgan fingerprint density at radius 2 is 1.68 bits per heavy atom. The number of guanidine groups is 1. The number of rotatable bonds is 3. The van der Waals surface area contributed by atoms with Crippen LogP contribution in [0.25, 0.3) is 0 Å². The summed E-state index contributed by atoms with van der Waals surface area (Å²) in [5.41, 5.74) is 0. The first-order chi connectivity index (χ1) is 8.79. The van der Waals surface area contributed by atoms with Crippen LogP contribution in [0.5, 0.6) is 0 Å². The highest BCUT2D eigenvalue weighted by Gasteiger charge is 2.22. The Labute approximate surface area is 135 Å². The van der Waals surface area contributed by atoms with Crippen LogP contribution in [0.4, 0.5) is 0 Å². The SMILES string of the molecule is CN=C(NCC1CCCCC1C)NC1CCCC1.I. The normalized spacial score (nSPS) is 28.8. The molecule has 0 aromatic rings. The topological polar surface area (TPSA) is 36.4 Å². The molecule has 2 saturated carbocycles. The Hall–Kier alpha value is 0. The summed E-state index contributed by atoms with van der Waals surface area (Å²) in [6, 6.07) is 0.653. The molecular formula is C15H30IN3. The number of halogens is 1. The highest BCUT2D eigenvalue weighted by Crippen LogP contribution is 2.28. The molecule has 4 heteroatoms. The monoisotopic (exact) mass is 379 g/mol. The van der Waals surface area contributed by atoms with Crippen LogP contribution in [0.2, 0.25) is 0 Å². The first-order valence-electron chi connectivity index (χ1n) is 7.76. The summed E-state index contributed by atoms with van der Waals surface area (Å²) in [5.74, 6) is 2.72. The van der Waals surface area contributed by atoms with Gasteiger partial charge < -0.3 is 10.6 Å². The standard InChI is InChI=1S/C15H29N3.HI/c1-12-7-3-4-8-13(12)11-17-15(16-2)18-14-9-5-6-10-14;/h12-14H,3-11H2,1-2H3,(H2,16,17,18);1H. The van der Waals surface area contributed by atoms with Gasteiger partial charge in [-0.2, -0.15) is 0 Å². The van der Waals surface area contributed by atoms with Gasteiger partial charge in [0.2, 0.25) is 0 Å². The highest BCUT2D eigenvalue weighted by atomic mass is 127. The maximum Gasteiger partial charge on any atom is 0.191 e. The molecule has 0 radical (unpaired) electrons. The van der Waals surface area contributed by atoms with Gasteiger partial charge in [0.1, 0.15) is 0 Å². The molecule has 0 saturated heterocycles. The first-order valence-corrected chi connectivity index (χ1v) is 7.76. The van der Waals surface area contributed by atoms with Crippen molar-refractivity contribution in [1.29, 1.82) is 0 Å². The summed E-state index contributed by atoms with van der Waals surface area (Å²) < 4.78 is 0. The Balaban J connectivity index is 0.00000180. The average Bonchev–Trinajstić information content (AvgIpc) is 2.89. The fourth-order valence-electron chi connectivity index (χ4n) is 3.38. The Morgan fingerprint density at radius 1 is 1.05 bits per heavy atom. The van der Waals surface area contributed by atoms with E-state index in [2.05, 4.69) is 22.5 Å². The van der Waals surface area contributed by atoms with Crippen LogP contribution in [0.15, 0.2) is 4.99 Å². The lowest BCUT2D eigenvalue weighted by Gasteiger charge is -2.29. The van der Waals surface area contributed by atoms with Gasteiger partial charge in [0.05, 0.1) is 0 Å². The van der Waals surface area contributed by atoms with E-state index in [0.717, 1.165) is 24.3 Å². The number of hydrogen-bond acceptors (Lipinski definition) is 1. The van der Waals surface area contributed by atoms with Crippen molar-refractivity contribution >= 4 is 29.9 Å². The van der Waals surface area contributed by atoms with E-state index in [9.17, 15) is 0 Å². The Kier molecular flexibility index (Phi) is 8.11. The van der Waals surface area contributed by atoms with Crippen molar-refractivity contribution < 1.29 is 0 Å². The molecular weight excluding hydrogens is 349 g/mol. The second-order valence-corrected chi connectivity index (χ2v) is 6.10. The first kappa shape index (κ1) is 17.1. The fourth-order valence-corrected chi connectivity index (χ4v) is 3.38. The number of nitrogens with zero attached hydrogens (tertiary/aromatic N) is 1. The van der Waals surface area contributed by atoms with Crippen LogP contribution < -0.4 is 10.6 Å². The third kappa shape index (κ3) is 5.48. The molecule has 0 aliphatic heterocycles. The van der Waals surface area contributed by atoms with Gasteiger partial charge in [-0.25, -0.2) is 0 Å². The van der Waals surface area contributed by atoms with E-state index >= 15 is 0 Å². The number of nitrogens with one attached hydrogen (secondary N) is 2.